The summed E-state index contributed by atoms with van der Waals surface area (Å²) in [6.07, 6.45) is 7.96. The van der Waals surface area contributed by atoms with Gasteiger partial charge in [0.25, 0.3) is 0 Å². The van der Waals surface area contributed by atoms with Crippen molar-refractivity contribution in [2.24, 2.45) is 0 Å². The van der Waals surface area contributed by atoms with Crippen LogP contribution in [-0.2, 0) is 4.74 Å². The average molecular weight is 138 g/mol. The number of hydrogen-bond donors (Lipinski definition) is 0. The molecular formula is C9H14O. The molecular weight excluding hydrogens is 124 g/mol. The first-order valence-electron chi connectivity index (χ1n) is 3.72. The van der Waals surface area contributed by atoms with E-state index in [-0.39, 0.29) is 6.10 Å². The zero-order valence-corrected chi connectivity index (χ0v) is 6.47. The zero-order chi connectivity index (χ0) is 7.40. The maximum atomic E-state index is 5.20. The first-order valence-corrected chi connectivity index (χ1v) is 3.72. The van der Waals surface area contributed by atoms with Crippen LogP contribution in [0.15, 0.2) is 24.3 Å². The summed E-state index contributed by atoms with van der Waals surface area (Å²) in [7, 11) is 1.73. The highest BCUT2D eigenvalue weighted by Crippen LogP contribution is 2.22. The highest BCUT2D eigenvalue weighted by atomic mass is 16.5. The number of ether oxygens (including phenoxy) is 1. The molecule has 0 saturated carbocycles. The summed E-state index contributed by atoms with van der Waals surface area (Å²) in [6.45, 7) is 3.71. The topological polar surface area (TPSA) is 9.23 Å². The lowest BCUT2D eigenvalue weighted by atomic mass is 10.1. The van der Waals surface area contributed by atoms with Gasteiger partial charge in [-0.15, -0.1) is 6.58 Å². The van der Waals surface area contributed by atoms with Crippen molar-refractivity contribution < 1.29 is 4.74 Å². The van der Waals surface area contributed by atoms with Crippen molar-refractivity contribution in [3.8, 4) is 0 Å². The molecule has 10 heavy (non-hydrogen) atoms. The number of allylic oxidation sites excluding steroid dienone is 1. The monoisotopic (exact) mass is 138 g/mol. The first kappa shape index (κ1) is 7.55. The lowest BCUT2D eigenvalue weighted by Gasteiger charge is -2.10. The maximum Gasteiger partial charge on any atom is 0.0960 e. The number of methoxy groups -OCH3 is 1. The van der Waals surface area contributed by atoms with Crippen LogP contribution >= 0.6 is 0 Å². The summed E-state index contributed by atoms with van der Waals surface area (Å²) in [5.74, 6) is 0. The van der Waals surface area contributed by atoms with Crippen LogP contribution < -0.4 is 0 Å². The van der Waals surface area contributed by atoms with E-state index in [2.05, 4.69) is 12.7 Å². The Morgan fingerprint density at radius 2 is 2.60 bits per heavy atom. The van der Waals surface area contributed by atoms with Crippen LogP contribution in [0.3, 0.4) is 0 Å². The van der Waals surface area contributed by atoms with E-state index in [1.807, 2.05) is 6.08 Å². The second-order valence-corrected chi connectivity index (χ2v) is 2.56. The summed E-state index contributed by atoms with van der Waals surface area (Å²) >= 11 is 0. The first-order chi connectivity index (χ1) is 4.88. The molecule has 0 radical (unpaired) electrons. The van der Waals surface area contributed by atoms with Crippen LogP contribution in [0, 0.1) is 0 Å². The third-order valence-electron chi connectivity index (χ3n) is 1.91. The summed E-state index contributed by atoms with van der Waals surface area (Å²) < 4.78 is 5.20. The van der Waals surface area contributed by atoms with Crippen LogP contribution in [0.1, 0.15) is 19.3 Å². The van der Waals surface area contributed by atoms with Gasteiger partial charge in [0, 0.05) is 7.11 Å². The molecule has 1 nitrogen and oxygen atoms in total. The Labute approximate surface area is 62.4 Å². The normalized spacial score (nSPS) is 20.3. The van der Waals surface area contributed by atoms with E-state index < -0.39 is 0 Å². The third-order valence-corrected chi connectivity index (χ3v) is 1.91. The SMILES string of the molecule is C=CC(OC)C1=CCCC1. The molecule has 0 saturated heterocycles. The Morgan fingerprint density at radius 3 is 3.00 bits per heavy atom. The minimum absolute atomic E-state index is 0.169. The molecule has 0 aromatic rings. The van der Waals surface area contributed by atoms with Crippen molar-refractivity contribution >= 4 is 0 Å². The van der Waals surface area contributed by atoms with Gasteiger partial charge in [-0.2, -0.15) is 0 Å². The van der Waals surface area contributed by atoms with Gasteiger partial charge in [-0.05, 0) is 24.8 Å². The Morgan fingerprint density at radius 1 is 1.80 bits per heavy atom. The second-order valence-electron chi connectivity index (χ2n) is 2.56. The molecule has 1 aliphatic carbocycles. The lowest BCUT2D eigenvalue weighted by molar-refractivity contribution is 0.167. The van der Waals surface area contributed by atoms with Gasteiger partial charge in [0.05, 0.1) is 6.10 Å². The molecule has 0 bridgehead atoms. The molecule has 1 aliphatic rings. The van der Waals surface area contributed by atoms with E-state index in [9.17, 15) is 0 Å². The highest BCUT2D eigenvalue weighted by Gasteiger charge is 2.12. The fraction of sp³-hybridized carbons (Fsp3) is 0.556. The molecule has 0 spiro atoms. The van der Waals surface area contributed by atoms with Gasteiger partial charge in [-0.25, -0.2) is 0 Å². The van der Waals surface area contributed by atoms with E-state index in [1.165, 1.54) is 24.8 Å². The van der Waals surface area contributed by atoms with Gasteiger partial charge >= 0.3 is 0 Å². The Kier molecular flexibility index (Phi) is 2.69. The van der Waals surface area contributed by atoms with Crippen LogP contribution in [0.25, 0.3) is 0 Å². The molecule has 1 rings (SSSR count). The minimum atomic E-state index is 0.169. The lowest BCUT2D eigenvalue weighted by Crippen LogP contribution is -2.08. The van der Waals surface area contributed by atoms with E-state index in [0.29, 0.717) is 0 Å². The standard InChI is InChI=1S/C9H14O/c1-3-9(10-2)8-6-4-5-7-8/h3,6,9H,1,4-5,7H2,2H3. The van der Waals surface area contributed by atoms with Crippen molar-refractivity contribution in [3.63, 3.8) is 0 Å². The van der Waals surface area contributed by atoms with Crippen molar-refractivity contribution in [2.75, 3.05) is 7.11 Å². The molecule has 0 heterocycles. The van der Waals surface area contributed by atoms with E-state index in [4.69, 9.17) is 4.74 Å². The predicted octanol–water partition coefficient (Wildman–Crippen LogP) is 2.30. The Bertz CT molecular complexity index is 147. The molecule has 0 N–H and O–H groups in total. The Balaban J connectivity index is 2.51. The number of rotatable bonds is 3. The fourth-order valence-electron chi connectivity index (χ4n) is 1.35. The Hall–Kier alpha value is -0.560. The van der Waals surface area contributed by atoms with Crippen molar-refractivity contribution in [1.29, 1.82) is 0 Å². The van der Waals surface area contributed by atoms with Crippen LogP contribution in [0.4, 0.5) is 0 Å². The quantitative estimate of drug-likeness (QED) is 0.544. The molecule has 0 amide bonds. The minimum Gasteiger partial charge on any atom is -0.373 e. The van der Waals surface area contributed by atoms with Crippen LogP contribution in [-0.4, -0.2) is 13.2 Å². The van der Waals surface area contributed by atoms with Crippen molar-refractivity contribution in [2.45, 2.75) is 25.4 Å². The van der Waals surface area contributed by atoms with Gasteiger partial charge in [0.15, 0.2) is 0 Å². The highest BCUT2D eigenvalue weighted by molar-refractivity contribution is 5.17. The van der Waals surface area contributed by atoms with Gasteiger partial charge in [-0.3, -0.25) is 0 Å². The van der Waals surface area contributed by atoms with Crippen molar-refractivity contribution in [3.05, 3.63) is 24.3 Å². The molecule has 1 unspecified atom stereocenters. The summed E-state index contributed by atoms with van der Waals surface area (Å²) in [5, 5.41) is 0. The molecule has 1 heteroatoms. The molecule has 0 aromatic heterocycles. The van der Waals surface area contributed by atoms with Crippen LogP contribution in [0.2, 0.25) is 0 Å². The number of hydrogen-bond acceptors (Lipinski definition) is 1. The second kappa shape index (κ2) is 3.57. The molecule has 56 valence electrons. The molecule has 0 fully saturated rings. The van der Waals surface area contributed by atoms with Crippen molar-refractivity contribution in [1.82, 2.24) is 0 Å². The predicted molar refractivity (Wildman–Crippen MR) is 42.9 cm³/mol. The maximum absolute atomic E-state index is 5.20. The van der Waals surface area contributed by atoms with Gasteiger partial charge in [0.1, 0.15) is 0 Å². The largest absolute Gasteiger partial charge is 0.373 e. The summed E-state index contributed by atoms with van der Waals surface area (Å²) in [4.78, 5) is 0. The van der Waals surface area contributed by atoms with Gasteiger partial charge in [0.2, 0.25) is 0 Å². The van der Waals surface area contributed by atoms with Gasteiger partial charge < -0.3 is 4.74 Å². The smallest absolute Gasteiger partial charge is 0.0960 e. The molecule has 1 atom stereocenters. The van der Waals surface area contributed by atoms with E-state index in [0.717, 1.165) is 0 Å². The average Bonchev–Trinajstić information content (AvgIpc) is 2.43. The van der Waals surface area contributed by atoms with Gasteiger partial charge in [-0.1, -0.05) is 12.2 Å². The van der Waals surface area contributed by atoms with E-state index >= 15 is 0 Å². The fourth-order valence-corrected chi connectivity index (χ4v) is 1.35. The van der Waals surface area contributed by atoms with Crippen LogP contribution in [0.5, 0.6) is 0 Å². The zero-order valence-electron chi connectivity index (χ0n) is 6.47. The summed E-state index contributed by atoms with van der Waals surface area (Å²) in [6, 6.07) is 0. The molecule has 0 aromatic carbocycles. The van der Waals surface area contributed by atoms with E-state index in [1.54, 1.807) is 7.11 Å². The summed E-state index contributed by atoms with van der Waals surface area (Å²) in [5.41, 5.74) is 1.40. The third kappa shape index (κ3) is 1.48. The molecule has 0 aliphatic heterocycles.